The van der Waals surface area contributed by atoms with Gasteiger partial charge < -0.3 is 5.32 Å². The molecule has 0 atom stereocenters. The number of nitrogens with zero attached hydrogens (tertiary/aromatic N) is 1. The van der Waals surface area contributed by atoms with Gasteiger partial charge >= 0.3 is 0 Å². The molecule has 5 rings (SSSR count). The van der Waals surface area contributed by atoms with Crippen LogP contribution in [0.2, 0.25) is 0 Å². The standard InChI is InChI=1S/C23H16N2OS2/c26-21(14-16-8-5-7-15-6-1-2-9-17(15)16)25-22-18(12-13-27-22)23-24-19-10-3-4-11-20(19)28-23/h1-13H,14H2,(H,25,26). The molecule has 0 spiro atoms. The van der Waals surface area contributed by atoms with Gasteiger partial charge in [0.25, 0.3) is 0 Å². The molecule has 3 nitrogen and oxygen atoms in total. The van der Waals surface area contributed by atoms with Crippen molar-refractivity contribution in [2.24, 2.45) is 0 Å². The average molecular weight is 401 g/mol. The van der Waals surface area contributed by atoms with E-state index in [0.29, 0.717) is 6.42 Å². The maximum absolute atomic E-state index is 12.8. The summed E-state index contributed by atoms with van der Waals surface area (Å²) < 4.78 is 1.15. The molecule has 0 fully saturated rings. The first-order valence-electron chi connectivity index (χ1n) is 8.98. The highest BCUT2D eigenvalue weighted by Gasteiger charge is 2.15. The molecule has 0 radical (unpaired) electrons. The van der Waals surface area contributed by atoms with Crippen molar-refractivity contribution in [2.75, 3.05) is 5.32 Å². The van der Waals surface area contributed by atoms with Crippen LogP contribution in [-0.4, -0.2) is 10.9 Å². The minimum Gasteiger partial charge on any atom is -0.317 e. The lowest BCUT2D eigenvalue weighted by Gasteiger charge is -2.08. The molecule has 0 saturated heterocycles. The summed E-state index contributed by atoms with van der Waals surface area (Å²) in [4.78, 5) is 17.5. The van der Waals surface area contributed by atoms with E-state index in [2.05, 4.69) is 29.6 Å². The van der Waals surface area contributed by atoms with Crippen LogP contribution >= 0.6 is 22.7 Å². The number of hydrogen-bond acceptors (Lipinski definition) is 4. The van der Waals surface area contributed by atoms with E-state index in [0.717, 1.165) is 42.1 Å². The van der Waals surface area contributed by atoms with Crippen molar-refractivity contribution in [3.63, 3.8) is 0 Å². The van der Waals surface area contributed by atoms with E-state index in [-0.39, 0.29) is 5.91 Å². The molecule has 2 aromatic heterocycles. The Labute approximate surface area is 170 Å². The number of hydrogen-bond donors (Lipinski definition) is 1. The van der Waals surface area contributed by atoms with Crippen molar-refractivity contribution in [3.8, 4) is 10.6 Å². The molecule has 0 unspecified atom stereocenters. The summed E-state index contributed by atoms with van der Waals surface area (Å²) in [6.45, 7) is 0. The molecule has 3 aromatic carbocycles. The number of aromatic nitrogens is 1. The smallest absolute Gasteiger partial charge is 0.229 e. The van der Waals surface area contributed by atoms with Crippen molar-refractivity contribution in [1.82, 2.24) is 4.98 Å². The number of benzene rings is 3. The van der Waals surface area contributed by atoms with Gasteiger partial charge in [-0.3, -0.25) is 4.79 Å². The molecule has 5 aromatic rings. The van der Waals surface area contributed by atoms with Gasteiger partial charge in [0.2, 0.25) is 5.91 Å². The Morgan fingerprint density at radius 3 is 2.68 bits per heavy atom. The van der Waals surface area contributed by atoms with Crippen LogP contribution in [0.1, 0.15) is 5.56 Å². The van der Waals surface area contributed by atoms with E-state index >= 15 is 0 Å². The number of anilines is 1. The number of fused-ring (bicyclic) bond motifs is 2. The Morgan fingerprint density at radius 1 is 0.929 bits per heavy atom. The summed E-state index contributed by atoms with van der Waals surface area (Å²) >= 11 is 3.18. The average Bonchev–Trinajstić information content (AvgIpc) is 3.34. The van der Waals surface area contributed by atoms with Gasteiger partial charge in [-0.25, -0.2) is 4.98 Å². The van der Waals surface area contributed by atoms with Crippen molar-refractivity contribution < 1.29 is 4.79 Å². The molecule has 0 bridgehead atoms. The summed E-state index contributed by atoms with van der Waals surface area (Å²) in [6.07, 6.45) is 0.346. The number of carbonyl (C=O) groups is 1. The summed E-state index contributed by atoms with van der Waals surface area (Å²) in [7, 11) is 0. The van der Waals surface area contributed by atoms with Gasteiger partial charge in [-0.2, -0.15) is 0 Å². The van der Waals surface area contributed by atoms with Crippen molar-refractivity contribution in [3.05, 3.63) is 83.7 Å². The molecule has 2 heterocycles. The highest BCUT2D eigenvalue weighted by atomic mass is 32.1. The summed E-state index contributed by atoms with van der Waals surface area (Å²) in [5.41, 5.74) is 3.01. The van der Waals surface area contributed by atoms with Crippen molar-refractivity contribution >= 4 is 54.6 Å². The molecule has 1 N–H and O–H groups in total. The normalized spacial score (nSPS) is 11.1. The lowest BCUT2D eigenvalue weighted by molar-refractivity contribution is -0.115. The van der Waals surface area contributed by atoms with E-state index in [1.807, 2.05) is 53.9 Å². The van der Waals surface area contributed by atoms with Crippen LogP contribution in [0.25, 0.3) is 31.6 Å². The Bertz CT molecular complexity index is 1260. The zero-order valence-corrected chi connectivity index (χ0v) is 16.5. The predicted octanol–water partition coefficient (Wildman–Crippen LogP) is 6.36. The highest BCUT2D eigenvalue weighted by Crippen LogP contribution is 2.37. The quantitative estimate of drug-likeness (QED) is 0.381. The molecule has 0 aliphatic rings. The number of thiazole rings is 1. The monoisotopic (exact) mass is 400 g/mol. The maximum atomic E-state index is 12.8. The molecule has 5 heteroatoms. The van der Waals surface area contributed by atoms with Crippen LogP contribution in [0.15, 0.2) is 78.2 Å². The number of thiophene rings is 1. The summed E-state index contributed by atoms with van der Waals surface area (Å²) in [5.74, 6) is -0.0128. The summed E-state index contributed by atoms with van der Waals surface area (Å²) in [5, 5.41) is 9.15. The topological polar surface area (TPSA) is 42.0 Å². The molecule has 136 valence electrons. The summed E-state index contributed by atoms with van der Waals surface area (Å²) in [6, 6.07) is 24.4. The van der Waals surface area contributed by atoms with E-state index in [1.54, 1.807) is 11.3 Å². The van der Waals surface area contributed by atoms with Crippen LogP contribution in [-0.2, 0) is 11.2 Å². The first-order chi connectivity index (χ1) is 13.8. The molecule has 0 aliphatic heterocycles. The van der Waals surface area contributed by atoms with Gasteiger partial charge in [0.05, 0.1) is 16.6 Å². The largest absolute Gasteiger partial charge is 0.317 e. The van der Waals surface area contributed by atoms with Gasteiger partial charge in [-0.1, -0.05) is 54.6 Å². The van der Waals surface area contributed by atoms with Gasteiger partial charge in [0.1, 0.15) is 10.0 Å². The van der Waals surface area contributed by atoms with Gasteiger partial charge in [0.15, 0.2) is 0 Å². The first kappa shape index (κ1) is 17.1. The molecular formula is C23H16N2OS2. The van der Waals surface area contributed by atoms with Crippen LogP contribution in [0, 0.1) is 0 Å². The number of para-hydroxylation sites is 1. The lowest BCUT2D eigenvalue weighted by atomic mass is 10.0. The molecule has 1 amide bonds. The van der Waals surface area contributed by atoms with Gasteiger partial charge in [-0.05, 0) is 39.9 Å². The fourth-order valence-electron chi connectivity index (χ4n) is 3.35. The van der Waals surface area contributed by atoms with Crippen LogP contribution in [0.5, 0.6) is 0 Å². The van der Waals surface area contributed by atoms with Crippen LogP contribution < -0.4 is 5.32 Å². The predicted molar refractivity (Wildman–Crippen MR) is 119 cm³/mol. The van der Waals surface area contributed by atoms with Crippen molar-refractivity contribution in [1.29, 1.82) is 0 Å². The minimum absolute atomic E-state index is 0.0128. The second-order valence-corrected chi connectivity index (χ2v) is 8.46. The molecule has 28 heavy (non-hydrogen) atoms. The number of carbonyl (C=O) groups excluding carboxylic acids is 1. The first-order valence-corrected chi connectivity index (χ1v) is 10.7. The van der Waals surface area contributed by atoms with Crippen LogP contribution in [0.4, 0.5) is 5.00 Å². The minimum atomic E-state index is -0.0128. The molecule has 0 saturated carbocycles. The van der Waals surface area contributed by atoms with E-state index in [1.165, 1.54) is 11.3 Å². The third-order valence-electron chi connectivity index (χ3n) is 4.67. The van der Waals surface area contributed by atoms with Gasteiger partial charge in [0, 0.05) is 5.56 Å². The molecular weight excluding hydrogens is 384 g/mol. The number of nitrogens with one attached hydrogen (secondary N) is 1. The Morgan fingerprint density at radius 2 is 1.75 bits per heavy atom. The van der Waals surface area contributed by atoms with Gasteiger partial charge in [-0.15, -0.1) is 22.7 Å². The molecule has 0 aliphatic carbocycles. The van der Waals surface area contributed by atoms with Crippen molar-refractivity contribution in [2.45, 2.75) is 6.42 Å². The second kappa shape index (κ2) is 7.19. The zero-order valence-electron chi connectivity index (χ0n) is 14.9. The Balaban J connectivity index is 1.41. The maximum Gasteiger partial charge on any atom is 0.229 e. The number of amides is 1. The SMILES string of the molecule is O=C(Cc1cccc2ccccc12)Nc1sccc1-c1nc2ccccc2s1. The zero-order chi connectivity index (χ0) is 18.9. The highest BCUT2D eigenvalue weighted by molar-refractivity contribution is 7.22. The van der Waals surface area contributed by atoms with E-state index in [4.69, 9.17) is 4.98 Å². The van der Waals surface area contributed by atoms with E-state index in [9.17, 15) is 4.79 Å². The Kier molecular flexibility index (Phi) is 4.39. The second-order valence-electron chi connectivity index (χ2n) is 6.51. The fraction of sp³-hybridized carbons (Fsp3) is 0.0435. The number of rotatable bonds is 4. The third kappa shape index (κ3) is 3.19. The van der Waals surface area contributed by atoms with E-state index < -0.39 is 0 Å². The lowest BCUT2D eigenvalue weighted by Crippen LogP contribution is -2.14. The fourth-order valence-corrected chi connectivity index (χ4v) is 5.22. The Hall–Kier alpha value is -3.02. The van der Waals surface area contributed by atoms with Crippen LogP contribution in [0.3, 0.4) is 0 Å². The third-order valence-corrected chi connectivity index (χ3v) is 6.57.